The minimum absolute atomic E-state index is 0.155. The van der Waals surface area contributed by atoms with Gasteiger partial charge in [0.1, 0.15) is 5.56 Å². The van der Waals surface area contributed by atoms with Gasteiger partial charge in [0.2, 0.25) is 0 Å². The summed E-state index contributed by atoms with van der Waals surface area (Å²) in [5.74, 6) is -0.988. The highest BCUT2D eigenvalue weighted by Crippen LogP contribution is 2.32. The highest BCUT2D eigenvalue weighted by atomic mass is 16.6. The Morgan fingerprint density at radius 2 is 1.42 bits per heavy atom. The van der Waals surface area contributed by atoms with Crippen LogP contribution in [0.5, 0.6) is 0 Å². The van der Waals surface area contributed by atoms with Crippen molar-refractivity contribution in [2.75, 3.05) is 5.73 Å². The van der Waals surface area contributed by atoms with Gasteiger partial charge in [0.15, 0.2) is 0 Å². The van der Waals surface area contributed by atoms with Crippen LogP contribution in [0.25, 0.3) is 0 Å². The molecule has 0 heterocycles. The molecule has 0 aliphatic carbocycles. The first-order chi connectivity index (χ1) is 12.1. The van der Waals surface area contributed by atoms with Gasteiger partial charge in [-0.15, -0.1) is 0 Å². The van der Waals surface area contributed by atoms with Crippen LogP contribution in [0, 0.1) is 37.3 Å². The molecule has 12 heteroatoms. The summed E-state index contributed by atoms with van der Waals surface area (Å²) in [6.45, 7) is 1.17. The maximum atomic E-state index is 10.5. The lowest BCUT2D eigenvalue weighted by Gasteiger charge is -1.99. The number of carbonyl (C=O) groups is 1. The van der Waals surface area contributed by atoms with E-state index in [-0.39, 0.29) is 11.1 Å². The summed E-state index contributed by atoms with van der Waals surface area (Å²) in [7, 11) is 0. The zero-order valence-electron chi connectivity index (χ0n) is 13.2. The van der Waals surface area contributed by atoms with Crippen molar-refractivity contribution in [2.24, 2.45) is 0 Å². The van der Waals surface area contributed by atoms with Crippen LogP contribution >= 0.6 is 0 Å². The second-order valence-corrected chi connectivity index (χ2v) is 4.77. The molecule has 0 aliphatic rings. The number of nitrogens with two attached hydrogens (primary N) is 1. The smallest absolute Gasteiger partial charge is 0.337 e. The largest absolute Gasteiger partial charge is 0.478 e. The number of hydrogen-bond donors (Lipinski definition) is 2. The van der Waals surface area contributed by atoms with Gasteiger partial charge in [0.25, 0.3) is 17.1 Å². The molecule has 0 spiro atoms. The Hall–Kier alpha value is -4.09. The first-order valence-electron chi connectivity index (χ1n) is 6.71. The fraction of sp³-hybridized carbons (Fsp3) is 0.0714. The highest BCUT2D eigenvalue weighted by molar-refractivity contribution is 5.93. The number of nitrogen functional groups attached to an aromatic ring is 1. The van der Waals surface area contributed by atoms with Crippen molar-refractivity contribution in [3.8, 4) is 0 Å². The molecule has 0 atom stereocenters. The van der Waals surface area contributed by atoms with Gasteiger partial charge in [-0.2, -0.15) is 0 Å². The Kier molecular flexibility index (Phi) is 6.25. The van der Waals surface area contributed by atoms with Crippen LogP contribution in [0.2, 0.25) is 0 Å². The van der Waals surface area contributed by atoms with Gasteiger partial charge in [0.05, 0.1) is 32.5 Å². The van der Waals surface area contributed by atoms with E-state index in [0.717, 1.165) is 0 Å². The maximum Gasteiger partial charge on any atom is 0.337 e. The van der Waals surface area contributed by atoms with Gasteiger partial charge >= 0.3 is 5.97 Å². The van der Waals surface area contributed by atoms with E-state index in [2.05, 4.69) is 0 Å². The number of nitro benzene ring substituents is 3. The van der Waals surface area contributed by atoms with E-state index in [1.807, 2.05) is 0 Å². The molecule has 3 N–H and O–H groups in total. The molecule has 26 heavy (non-hydrogen) atoms. The summed E-state index contributed by atoms with van der Waals surface area (Å²) in [5, 5.41) is 40.0. The normalized spacial score (nSPS) is 9.58. The monoisotopic (exact) mass is 364 g/mol. The number of nitro groups is 3. The quantitative estimate of drug-likeness (QED) is 0.466. The summed E-state index contributed by atoms with van der Waals surface area (Å²) in [4.78, 5) is 39.1. The summed E-state index contributed by atoms with van der Waals surface area (Å²) in [6.07, 6.45) is 0. The van der Waals surface area contributed by atoms with Crippen LogP contribution in [0.4, 0.5) is 22.7 Å². The third-order valence-electron chi connectivity index (χ3n) is 3.13. The fourth-order valence-electron chi connectivity index (χ4n) is 1.85. The third-order valence-corrected chi connectivity index (χ3v) is 3.13. The van der Waals surface area contributed by atoms with E-state index in [4.69, 9.17) is 10.8 Å². The van der Waals surface area contributed by atoms with Crippen LogP contribution in [-0.2, 0) is 0 Å². The summed E-state index contributed by atoms with van der Waals surface area (Å²) >= 11 is 0. The van der Waals surface area contributed by atoms with Crippen molar-refractivity contribution in [2.45, 2.75) is 6.92 Å². The SMILES string of the molecule is Cc1c([N+](=O)[O-])cc([N+](=O)[O-])cc1[N+](=O)[O-].Nc1ccccc1C(=O)O. The zero-order valence-corrected chi connectivity index (χ0v) is 13.2. The summed E-state index contributed by atoms with van der Waals surface area (Å²) in [5.41, 5.74) is 3.64. The molecule has 0 aromatic heterocycles. The summed E-state index contributed by atoms with van der Waals surface area (Å²) < 4.78 is 0. The molecule has 0 saturated carbocycles. The number of carboxylic acids is 1. The molecule has 0 bridgehead atoms. The van der Waals surface area contributed by atoms with Gasteiger partial charge < -0.3 is 10.8 Å². The molecule has 2 aromatic rings. The highest BCUT2D eigenvalue weighted by Gasteiger charge is 2.27. The topological polar surface area (TPSA) is 193 Å². The van der Waals surface area contributed by atoms with Crippen LogP contribution in [0.1, 0.15) is 15.9 Å². The fourth-order valence-corrected chi connectivity index (χ4v) is 1.85. The van der Waals surface area contributed by atoms with Gasteiger partial charge in [-0.05, 0) is 19.1 Å². The second-order valence-electron chi connectivity index (χ2n) is 4.77. The number of carboxylic acid groups (broad SMARTS) is 1. The predicted molar refractivity (Wildman–Crippen MR) is 89.0 cm³/mol. The van der Waals surface area contributed by atoms with Crippen LogP contribution < -0.4 is 5.73 Å². The Morgan fingerprint density at radius 1 is 0.962 bits per heavy atom. The number of aromatic carboxylic acids is 1. The molecular formula is C14H12N4O8. The Morgan fingerprint density at radius 3 is 1.73 bits per heavy atom. The Balaban J connectivity index is 0.000000289. The lowest BCUT2D eigenvalue weighted by Crippen LogP contribution is -2.00. The molecule has 0 aliphatic heterocycles. The number of para-hydroxylation sites is 1. The number of non-ortho nitro benzene ring substituents is 1. The van der Waals surface area contributed by atoms with Crippen molar-refractivity contribution < 1.29 is 24.7 Å². The van der Waals surface area contributed by atoms with Crippen molar-refractivity contribution >= 4 is 28.7 Å². The number of nitrogens with zero attached hydrogens (tertiary/aromatic N) is 3. The first-order valence-corrected chi connectivity index (χ1v) is 6.71. The van der Waals surface area contributed by atoms with Gasteiger partial charge in [-0.3, -0.25) is 30.3 Å². The van der Waals surface area contributed by atoms with E-state index in [0.29, 0.717) is 17.8 Å². The molecule has 0 amide bonds. The lowest BCUT2D eigenvalue weighted by molar-refractivity contribution is -0.403. The van der Waals surface area contributed by atoms with E-state index in [9.17, 15) is 35.1 Å². The molecular weight excluding hydrogens is 352 g/mol. The lowest BCUT2D eigenvalue weighted by atomic mass is 10.1. The van der Waals surface area contributed by atoms with E-state index >= 15 is 0 Å². The number of anilines is 1. The minimum atomic E-state index is -0.988. The molecule has 12 nitrogen and oxygen atoms in total. The second kappa shape index (κ2) is 8.14. The van der Waals surface area contributed by atoms with Crippen LogP contribution in [-0.4, -0.2) is 25.8 Å². The van der Waals surface area contributed by atoms with Gasteiger partial charge in [0, 0.05) is 5.69 Å². The number of rotatable bonds is 4. The molecule has 2 rings (SSSR count). The Bertz CT molecular complexity index is 861. The van der Waals surface area contributed by atoms with Crippen LogP contribution in [0.3, 0.4) is 0 Å². The van der Waals surface area contributed by atoms with Crippen molar-refractivity contribution in [1.29, 1.82) is 0 Å². The van der Waals surface area contributed by atoms with E-state index < -0.39 is 37.8 Å². The standard InChI is InChI=1S/C7H5N3O6.C7H7NO2/c1-4-6(9(13)14)2-5(8(11)12)3-7(4)10(15)16;8-6-4-2-1-3-5(6)7(9)10/h2-3H,1H3;1-4H,8H2,(H,9,10). The predicted octanol–water partition coefficient (Wildman–Crippen LogP) is 2.69. The summed E-state index contributed by atoms with van der Waals surface area (Å²) in [6, 6.07) is 7.76. The third kappa shape index (κ3) is 4.70. The van der Waals surface area contributed by atoms with E-state index in [1.165, 1.54) is 13.0 Å². The van der Waals surface area contributed by atoms with Gasteiger partial charge in [-0.1, -0.05) is 12.1 Å². The molecule has 136 valence electrons. The van der Waals surface area contributed by atoms with Gasteiger partial charge in [-0.25, -0.2) is 4.79 Å². The average molecular weight is 364 g/mol. The zero-order chi connectivity index (χ0) is 20.0. The van der Waals surface area contributed by atoms with Crippen LogP contribution in [0.15, 0.2) is 36.4 Å². The molecule has 0 unspecified atom stereocenters. The molecule has 2 aromatic carbocycles. The number of hydrogen-bond acceptors (Lipinski definition) is 8. The minimum Gasteiger partial charge on any atom is -0.478 e. The average Bonchev–Trinajstić information content (AvgIpc) is 2.55. The molecule has 0 fully saturated rings. The van der Waals surface area contributed by atoms with E-state index in [1.54, 1.807) is 18.2 Å². The number of benzene rings is 2. The van der Waals surface area contributed by atoms with Crippen molar-refractivity contribution in [1.82, 2.24) is 0 Å². The molecule has 0 radical (unpaired) electrons. The van der Waals surface area contributed by atoms with Crippen molar-refractivity contribution in [3.05, 3.63) is 77.9 Å². The Labute approximate surface area is 144 Å². The van der Waals surface area contributed by atoms with Crippen molar-refractivity contribution in [3.63, 3.8) is 0 Å². The first kappa shape index (κ1) is 20.0. The molecule has 0 saturated heterocycles. The maximum absolute atomic E-state index is 10.5.